The second-order valence-electron chi connectivity index (χ2n) is 8.09. The molecule has 0 saturated carbocycles. The highest BCUT2D eigenvalue weighted by Gasteiger charge is 2.49. The van der Waals surface area contributed by atoms with Gasteiger partial charge in [-0.25, -0.2) is 4.79 Å². The number of carboxylic acids is 1. The van der Waals surface area contributed by atoms with Crippen molar-refractivity contribution < 1.29 is 29.0 Å². The van der Waals surface area contributed by atoms with E-state index < -0.39 is 47.9 Å². The molecule has 3 N–H and O–H groups in total. The number of carbonyl (C=O) groups excluding carboxylic acids is 3. The molecule has 1 aliphatic rings. The molecular weight excluding hydrogens is 376 g/mol. The number of esters is 1. The van der Waals surface area contributed by atoms with Crippen LogP contribution in [0.3, 0.4) is 0 Å². The van der Waals surface area contributed by atoms with Crippen molar-refractivity contribution in [3.05, 3.63) is 0 Å². The van der Waals surface area contributed by atoms with Gasteiger partial charge in [0.05, 0.1) is 0 Å². The molecule has 1 fully saturated rings. The van der Waals surface area contributed by atoms with Crippen LogP contribution in [0.25, 0.3) is 0 Å². The van der Waals surface area contributed by atoms with Crippen molar-refractivity contribution in [2.24, 2.45) is 23.7 Å². The lowest BCUT2D eigenvalue weighted by molar-refractivity contribution is -0.193. The molecule has 166 valence electrons. The van der Waals surface area contributed by atoms with E-state index in [-0.39, 0.29) is 17.8 Å². The molecule has 0 aromatic heterocycles. The average molecular weight is 413 g/mol. The molecule has 1 saturated heterocycles. The van der Waals surface area contributed by atoms with Gasteiger partial charge < -0.3 is 20.5 Å². The Morgan fingerprint density at radius 2 is 1.41 bits per heavy atom. The van der Waals surface area contributed by atoms with E-state index in [2.05, 4.69) is 10.6 Å². The fraction of sp³-hybridized carbons (Fsp3) is 0.810. The maximum absolute atomic E-state index is 13.0. The number of ether oxygens (including phenoxy) is 1. The minimum atomic E-state index is -1.09. The lowest BCUT2D eigenvalue weighted by Gasteiger charge is -2.38. The van der Waals surface area contributed by atoms with E-state index in [1.165, 1.54) is 0 Å². The molecule has 0 spiro atoms. The molecule has 0 bridgehead atoms. The summed E-state index contributed by atoms with van der Waals surface area (Å²) in [6.07, 6.45) is 1.58. The third-order valence-corrected chi connectivity index (χ3v) is 6.00. The summed E-state index contributed by atoms with van der Waals surface area (Å²) in [6.45, 7) is 11.3. The zero-order valence-electron chi connectivity index (χ0n) is 18.4. The SMILES string of the molecule is CCC(CC)[C@H](NC(=O)[C@@H](NC(=O)[C@@H]1OC(=O)[C@H]1C(C)C)C(CC)CC)C(=O)O. The van der Waals surface area contributed by atoms with Crippen LogP contribution in [0.1, 0.15) is 67.2 Å². The Kier molecular flexibility index (Phi) is 9.59. The molecule has 0 aromatic carbocycles. The molecule has 0 radical (unpaired) electrons. The Morgan fingerprint density at radius 1 is 0.931 bits per heavy atom. The van der Waals surface area contributed by atoms with Gasteiger partial charge in [-0.05, 0) is 17.8 Å². The van der Waals surface area contributed by atoms with Gasteiger partial charge in [-0.3, -0.25) is 14.4 Å². The summed E-state index contributed by atoms with van der Waals surface area (Å²) >= 11 is 0. The van der Waals surface area contributed by atoms with Gasteiger partial charge in [0.1, 0.15) is 18.0 Å². The quantitative estimate of drug-likeness (QED) is 0.422. The lowest BCUT2D eigenvalue weighted by Crippen LogP contribution is -2.61. The molecular formula is C21H36N2O6. The van der Waals surface area contributed by atoms with Crippen LogP contribution in [0.5, 0.6) is 0 Å². The van der Waals surface area contributed by atoms with Crippen LogP contribution >= 0.6 is 0 Å². The van der Waals surface area contributed by atoms with Crippen LogP contribution in [0.2, 0.25) is 0 Å². The summed E-state index contributed by atoms with van der Waals surface area (Å²) in [4.78, 5) is 49.1. The highest BCUT2D eigenvalue weighted by Crippen LogP contribution is 2.30. The van der Waals surface area contributed by atoms with Gasteiger partial charge in [-0.1, -0.05) is 67.2 Å². The highest BCUT2D eigenvalue weighted by atomic mass is 16.6. The van der Waals surface area contributed by atoms with E-state index in [9.17, 15) is 24.3 Å². The van der Waals surface area contributed by atoms with Gasteiger partial charge in [0.2, 0.25) is 5.91 Å². The van der Waals surface area contributed by atoms with E-state index in [0.29, 0.717) is 25.7 Å². The fourth-order valence-electron chi connectivity index (χ4n) is 3.94. The van der Waals surface area contributed by atoms with Crippen molar-refractivity contribution in [3.8, 4) is 0 Å². The third-order valence-electron chi connectivity index (χ3n) is 6.00. The van der Waals surface area contributed by atoms with Gasteiger partial charge in [-0.15, -0.1) is 0 Å². The average Bonchev–Trinajstić information content (AvgIpc) is 2.65. The van der Waals surface area contributed by atoms with Crippen LogP contribution < -0.4 is 10.6 Å². The first-order valence-electron chi connectivity index (χ1n) is 10.7. The Hall–Kier alpha value is -2.12. The third kappa shape index (κ3) is 5.93. The summed E-state index contributed by atoms with van der Waals surface area (Å²) in [7, 11) is 0. The number of amides is 2. The Bertz CT molecular complexity index is 598. The number of aliphatic carboxylic acids is 1. The molecule has 0 unspecified atom stereocenters. The van der Waals surface area contributed by atoms with Crippen molar-refractivity contribution >= 4 is 23.8 Å². The Balaban J connectivity index is 3.00. The van der Waals surface area contributed by atoms with Gasteiger partial charge in [-0.2, -0.15) is 0 Å². The molecule has 1 aliphatic heterocycles. The molecule has 1 heterocycles. The van der Waals surface area contributed by atoms with E-state index >= 15 is 0 Å². The first-order chi connectivity index (χ1) is 13.6. The van der Waals surface area contributed by atoms with Crippen molar-refractivity contribution in [3.63, 3.8) is 0 Å². The number of hydrogen-bond acceptors (Lipinski definition) is 5. The predicted molar refractivity (Wildman–Crippen MR) is 108 cm³/mol. The number of hydrogen-bond donors (Lipinski definition) is 3. The van der Waals surface area contributed by atoms with Crippen LogP contribution in [0, 0.1) is 23.7 Å². The van der Waals surface area contributed by atoms with Crippen molar-refractivity contribution in [2.45, 2.75) is 85.4 Å². The standard InChI is InChI=1S/C21H36N2O6/c1-7-12(8-2)15(18(24)23-16(20(26)27)13(9-3)10-4)22-19(25)17-14(11(5)6)21(28)29-17/h11-17H,7-10H2,1-6H3,(H,22,25)(H,23,24)(H,26,27)/t14-,15-,16-,17+/m0/s1. The summed E-state index contributed by atoms with van der Waals surface area (Å²) in [6, 6.07) is -1.91. The molecule has 29 heavy (non-hydrogen) atoms. The number of nitrogens with one attached hydrogen (secondary N) is 2. The van der Waals surface area contributed by atoms with E-state index in [1.807, 2.05) is 41.5 Å². The van der Waals surface area contributed by atoms with Gasteiger partial charge in [0.15, 0.2) is 6.10 Å². The van der Waals surface area contributed by atoms with Crippen LogP contribution in [-0.4, -0.2) is 47.0 Å². The normalized spacial score (nSPS) is 20.8. The van der Waals surface area contributed by atoms with Gasteiger partial charge in [0.25, 0.3) is 5.91 Å². The zero-order valence-corrected chi connectivity index (χ0v) is 18.4. The predicted octanol–water partition coefficient (Wildman–Crippen LogP) is 2.11. The van der Waals surface area contributed by atoms with E-state index in [4.69, 9.17) is 4.74 Å². The largest absolute Gasteiger partial charge is 0.480 e. The molecule has 4 atom stereocenters. The van der Waals surface area contributed by atoms with Crippen LogP contribution in [0.15, 0.2) is 0 Å². The second-order valence-corrected chi connectivity index (χ2v) is 8.09. The Labute approximate surface area is 173 Å². The molecule has 8 heteroatoms. The maximum atomic E-state index is 13.0. The first-order valence-corrected chi connectivity index (χ1v) is 10.7. The van der Waals surface area contributed by atoms with Crippen LogP contribution in [-0.2, 0) is 23.9 Å². The summed E-state index contributed by atoms with van der Waals surface area (Å²) in [5.41, 5.74) is 0. The minimum absolute atomic E-state index is 0.0568. The number of cyclic esters (lactones) is 1. The smallest absolute Gasteiger partial charge is 0.326 e. The number of carboxylic acid groups (broad SMARTS) is 1. The number of carbonyl (C=O) groups is 4. The molecule has 0 aliphatic carbocycles. The number of rotatable bonds is 12. The maximum Gasteiger partial charge on any atom is 0.326 e. The summed E-state index contributed by atoms with van der Waals surface area (Å²) < 4.78 is 5.02. The first kappa shape index (κ1) is 24.9. The molecule has 1 rings (SSSR count). The zero-order chi connectivity index (χ0) is 22.3. The minimum Gasteiger partial charge on any atom is -0.480 e. The van der Waals surface area contributed by atoms with Crippen molar-refractivity contribution in [2.75, 3.05) is 0 Å². The van der Waals surface area contributed by atoms with E-state index in [1.54, 1.807) is 0 Å². The van der Waals surface area contributed by atoms with Crippen LogP contribution in [0.4, 0.5) is 0 Å². The van der Waals surface area contributed by atoms with E-state index in [0.717, 1.165) is 0 Å². The fourth-order valence-corrected chi connectivity index (χ4v) is 3.94. The van der Waals surface area contributed by atoms with Gasteiger partial charge in [0, 0.05) is 0 Å². The summed E-state index contributed by atoms with van der Waals surface area (Å²) in [5, 5.41) is 14.9. The van der Waals surface area contributed by atoms with Crippen molar-refractivity contribution in [1.82, 2.24) is 10.6 Å². The molecule has 2 amide bonds. The van der Waals surface area contributed by atoms with Gasteiger partial charge >= 0.3 is 11.9 Å². The molecule has 8 nitrogen and oxygen atoms in total. The topological polar surface area (TPSA) is 122 Å². The molecule has 0 aromatic rings. The second kappa shape index (κ2) is 11.2. The van der Waals surface area contributed by atoms with Crippen molar-refractivity contribution in [1.29, 1.82) is 0 Å². The highest BCUT2D eigenvalue weighted by molar-refractivity contribution is 5.97. The summed E-state index contributed by atoms with van der Waals surface area (Å²) in [5.74, 6) is -3.48. The Morgan fingerprint density at radius 3 is 1.79 bits per heavy atom. The lowest BCUT2D eigenvalue weighted by atomic mass is 9.84. The monoisotopic (exact) mass is 412 g/mol.